The van der Waals surface area contributed by atoms with Crippen molar-refractivity contribution >= 4 is 5.82 Å². The van der Waals surface area contributed by atoms with E-state index in [0.29, 0.717) is 5.92 Å². The lowest BCUT2D eigenvalue weighted by Crippen LogP contribution is -2.06. The van der Waals surface area contributed by atoms with Crippen molar-refractivity contribution < 1.29 is 0 Å². The van der Waals surface area contributed by atoms with Crippen LogP contribution in [0.5, 0.6) is 0 Å². The normalized spacial score (nSPS) is 18.5. The molecule has 1 N–H and O–H groups in total. The van der Waals surface area contributed by atoms with Crippen molar-refractivity contribution in [1.29, 1.82) is 0 Å². The zero-order valence-corrected chi connectivity index (χ0v) is 9.37. The summed E-state index contributed by atoms with van der Waals surface area (Å²) in [6.45, 7) is 0. The summed E-state index contributed by atoms with van der Waals surface area (Å²) in [7, 11) is 1.92. The van der Waals surface area contributed by atoms with E-state index in [-0.39, 0.29) is 0 Å². The standard InChI is InChI=1S/C12H19N3/c1-13-12-11(14-8-9-15-12)10-6-4-2-3-5-7-10/h8-10H,2-7H2,1H3,(H,13,15). The van der Waals surface area contributed by atoms with Gasteiger partial charge in [0.25, 0.3) is 0 Å². The Morgan fingerprint density at radius 3 is 2.40 bits per heavy atom. The van der Waals surface area contributed by atoms with Crippen LogP contribution in [0.15, 0.2) is 12.4 Å². The molecule has 0 amide bonds. The number of anilines is 1. The number of hydrogen-bond donors (Lipinski definition) is 1. The molecule has 0 spiro atoms. The van der Waals surface area contributed by atoms with E-state index in [1.807, 2.05) is 7.05 Å². The second kappa shape index (κ2) is 5.10. The first-order valence-electron chi connectivity index (χ1n) is 5.90. The fourth-order valence-electron chi connectivity index (χ4n) is 2.39. The Bertz CT molecular complexity index is 303. The first-order valence-corrected chi connectivity index (χ1v) is 5.90. The lowest BCUT2D eigenvalue weighted by atomic mass is 9.96. The van der Waals surface area contributed by atoms with E-state index in [4.69, 9.17) is 0 Å². The third-order valence-corrected chi connectivity index (χ3v) is 3.21. The molecular weight excluding hydrogens is 186 g/mol. The van der Waals surface area contributed by atoms with Crippen LogP contribution in [0.2, 0.25) is 0 Å². The predicted octanol–water partition coefficient (Wildman–Crippen LogP) is 2.96. The minimum absolute atomic E-state index is 0.614. The summed E-state index contributed by atoms with van der Waals surface area (Å²) in [4.78, 5) is 8.82. The van der Waals surface area contributed by atoms with Gasteiger partial charge in [0.05, 0.1) is 5.69 Å². The van der Waals surface area contributed by atoms with Gasteiger partial charge in [-0.1, -0.05) is 25.7 Å². The molecule has 3 heteroatoms. The Morgan fingerprint density at radius 2 is 1.73 bits per heavy atom. The molecule has 1 fully saturated rings. The van der Waals surface area contributed by atoms with Gasteiger partial charge in [-0.25, -0.2) is 4.98 Å². The predicted molar refractivity (Wildman–Crippen MR) is 62.0 cm³/mol. The summed E-state index contributed by atoms with van der Waals surface area (Å²) in [6, 6.07) is 0. The molecule has 15 heavy (non-hydrogen) atoms. The maximum Gasteiger partial charge on any atom is 0.147 e. The van der Waals surface area contributed by atoms with Gasteiger partial charge < -0.3 is 5.32 Å². The van der Waals surface area contributed by atoms with Gasteiger partial charge in [0.15, 0.2) is 0 Å². The molecule has 0 aromatic carbocycles. The van der Waals surface area contributed by atoms with Gasteiger partial charge in [-0.05, 0) is 12.8 Å². The fraction of sp³-hybridized carbons (Fsp3) is 0.667. The van der Waals surface area contributed by atoms with Crippen LogP contribution in [-0.2, 0) is 0 Å². The summed E-state index contributed by atoms with van der Waals surface area (Å²) >= 11 is 0. The average molecular weight is 205 g/mol. The molecule has 0 aliphatic heterocycles. The Hall–Kier alpha value is -1.12. The first-order chi connectivity index (χ1) is 7.42. The van der Waals surface area contributed by atoms with E-state index in [2.05, 4.69) is 15.3 Å². The van der Waals surface area contributed by atoms with Gasteiger partial charge in [-0.3, -0.25) is 4.98 Å². The second-order valence-electron chi connectivity index (χ2n) is 4.23. The van der Waals surface area contributed by atoms with Crippen LogP contribution in [0.3, 0.4) is 0 Å². The van der Waals surface area contributed by atoms with Crippen molar-refractivity contribution in [2.75, 3.05) is 12.4 Å². The van der Waals surface area contributed by atoms with E-state index >= 15 is 0 Å². The number of nitrogens with one attached hydrogen (secondary N) is 1. The number of aromatic nitrogens is 2. The maximum absolute atomic E-state index is 4.49. The van der Waals surface area contributed by atoms with Crippen LogP contribution in [0.1, 0.15) is 50.1 Å². The maximum atomic E-state index is 4.49. The van der Waals surface area contributed by atoms with E-state index < -0.39 is 0 Å². The Labute approximate surface area is 91.3 Å². The van der Waals surface area contributed by atoms with Crippen molar-refractivity contribution in [2.24, 2.45) is 0 Å². The van der Waals surface area contributed by atoms with Crippen LogP contribution in [0.4, 0.5) is 5.82 Å². The number of nitrogens with zero attached hydrogens (tertiary/aromatic N) is 2. The molecular formula is C12H19N3. The third-order valence-electron chi connectivity index (χ3n) is 3.21. The Balaban J connectivity index is 2.18. The summed E-state index contributed by atoms with van der Waals surface area (Å²) in [5, 5.41) is 3.14. The largest absolute Gasteiger partial charge is 0.372 e. The molecule has 0 unspecified atom stereocenters. The molecule has 1 saturated carbocycles. The van der Waals surface area contributed by atoms with Crippen LogP contribution < -0.4 is 5.32 Å². The monoisotopic (exact) mass is 205 g/mol. The van der Waals surface area contributed by atoms with Gasteiger partial charge >= 0.3 is 0 Å². The minimum Gasteiger partial charge on any atom is -0.372 e. The summed E-state index contributed by atoms with van der Waals surface area (Å²) in [5.41, 5.74) is 1.17. The van der Waals surface area contributed by atoms with Gasteiger partial charge in [-0.15, -0.1) is 0 Å². The molecule has 1 aliphatic rings. The van der Waals surface area contributed by atoms with E-state index in [1.165, 1.54) is 44.2 Å². The summed E-state index contributed by atoms with van der Waals surface area (Å²) in [5.74, 6) is 1.58. The van der Waals surface area contributed by atoms with Crippen molar-refractivity contribution in [2.45, 2.75) is 44.4 Å². The SMILES string of the molecule is CNc1nccnc1C1CCCCCC1. The van der Waals surface area contributed by atoms with Crippen LogP contribution >= 0.6 is 0 Å². The van der Waals surface area contributed by atoms with Gasteiger partial charge in [0.1, 0.15) is 5.82 Å². The first kappa shape index (κ1) is 10.4. The molecule has 2 rings (SSSR count). The summed E-state index contributed by atoms with van der Waals surface area (Å²) < 4.78 is 0. The molecule has 0 bridgehead atoms. The van der Waals surface area contributed by atoms with Gasteiger partial charge in [0, 0.05) is 25.4 Å². The molecule has 1 aliphatic carbocycles. The topological polar surface area (TPSA) is 37.8 Å². The van der Waals surface area contributed by atoms with Crippen molar-refractivity contribution in [3.8, 4) is 0 Å². The molecule has 1 heterocycles. The average Bonchev–Trinajstić information content (AvgIpc) is 2.57. The van der Waals surface area contributed by atoms with Crippen molar-refractivity contribution in [3.63, 3.8) is 0 Å². The van der Waals surface area contributed by atoms with E-state index in [9.17, 15) is 0 Å². The van der Waals surface area contributed by atoms with Crippen molar-refractivity contribution in [1.82, 2.24) is 9.97 Å². The zero-order valence-electron chi connectivity index (χ0n) is 9.37. The summed E-state index contributed by atoms with van der Waals surface area (Å²) in [6.07, 6.45) is 11.5. The molecule has 82 valence electrons. The van der Waals surface area contributed by atoms with Gasteiger partial charge in [0.2, 0.25) is 0 Å². The van der Waals surface area contributed by atoms with E-state index in [1.54, 1.807) is 12.4 Å². The fourth-order valence-corrected chi connectivity index (χ4v) is 2.39. The molecule has 0 saturated heterocycles. The van der Waals surface area contributed by atoms with E-state index in [0.717, 1.165) is 5.82 Å². The molecule has 1 aromatic heterocycles. The second-order valence-corrected chi connectivity index (χ2v) is 4.23. The Morgan fingerprint density at radius 1 is 1.07 bits per heavy atom. The third kappa shape index (κ3) is 2.46. The molecule has 0 radical (unpaired) electrons. The highest BCUT2D eigenvalue weighted by Gasteiger charge is 2.18. The molecule has 0 atom stereocenters. The van der Waals surface area contributed by atoms with Crippen LogP contribution in [-0.4, -0.2) is 17.0 Å². The number of rotatable bonds is 2. The quantitative estimate of drug-likeness (QED) is 0.754. The smallest absolute Gasteiger partial charge is 0.147 e. The van der Waals surface area contributed by atoms with Gasteiger partial charge in [-0.2, -0.15) is 0 Å². The highest BCUT2D eigenvalue weighted by Crippen LogP contribution is 2.32. The lowest BCUT2D eigenvalue weighted by molar-refractivity contribution is 0.577. The zero-order chi connectivity index (χ0) is 10.5. The molecule has 3 nitrogen and oxygen atoms in total. The van der Waals surface area contributed by atoms with Crippen LogP contribution in [0, 0.1) is 0 Å². The minimum atomic E-state index is 0.614. The highest BCUT2D eigenvalue weighted by atomic mass is 15.0. The molecule has 1 aromatic rings. The number of hydrogen-bond acceptors (Lipinski definition) is 3. The van der Waals surface area contributed by atoms with Crippen molar-refractivity contribution in [3.05, 3.63) is 18.1 Å². The lowest BCUT2D eigenvalue weighted by Gasteiger charge is -2.15. The highest BCUT2D eigenvalue weighted by molar-refractivity contribution is 5.40. The van der Waals surface area contributed by atoms with Crippen LogP contribution in [0.25, 0.3) is 0 Å². The Kier molecular flexibility index (Phi) is 3.54.